The van der Waals surface area contributed by atoms with Gasteiger partial charge in [0.25, 0.3) is 5.91 Å². The molecule has 0 unspecified atom stereocenters. The number of fused-ring (bicyclic) bond motifs is 2. The number of rotatable bonds is 3. The summed E-state index contributed by atoms with van der Waals surface area (Å²) < 4.78 is 3.52. The third-order valence-corrected chi connectivity index (χ3v) is 4.89. The Morgan fingerprint density at radius 2 is 2.04 bits per heavy atom. The predicted octanol–water partition coefficient (Wildman–Crippen LogP) is 1.87. The van der Waals surface area contributed by atoms with Gasteiger partial charge < -0.3 is 5.73 Å². The molecule has 27 heavy (non-hydrogen) atoms. The molecule has 5 rings (SSSR count). The molecule has 4 aromatic rings. The number of nitrogens with two attached hydrogens (primary N) is 1. The number of carbonyl (C=O) groups excluding carboxylic acids is 1. The Morgan fingerprint density at radius 3 is 2.85 bits per heavy atom. The molecule has 1 aliphatic carbocycles. The van der Waals surface area contributed by atoms with Crippen molar-refractivity contribution >= 4 is 11.6 Å². The Kier molecular flexibility index (Phi) is 3.33. The molecule has 1 aliphatic rings. The molecule has 2 N–H and O–H groups in total. The van der Waals surface area contributed by atoms with Crippen molar-refractivity contribution in [3.63, 3.8) is 0 Å². The lowest BCUT2D eigenvalue weighted by molar-refractivity contribution is 0.0989. The Bertz CT molecular complexity index is 1200. The molecule has 0 bridgehead atoms. The monoisotopic (exact) mass is 359 g/mol. The highest BCUT2D eigenvalue weighted by Gasteiger charge is 2.25. The van der Waals surface area contributed by atoms with Gasteiger partial charge in [-0.2, -0.15) is 5.10 Å². The summed E-state index contributed by atoms with van der Waals surface area (Å²) in [5.74, 6) is 0.278. The predicted molar refractivity (Wildman–Crippen MR) is 98.6 cm³/mol. The van der Waals surface area contributed by atoms with Crippen LogP contribution in [0.1, 0.15) is 34.0 Å². The van der Waals surface area contributed by atoms with Crippen molar-refractivity contribution in [3.8, 4) is 17.1 Å². The number of amides is 1. The number of nitrogens with zero attached hydrogens (tertiary/aromatic N) is 6. The van der Waals surface area contributed by atoms with Crippen molar-refractivity contribution in [2.45, 2.75) is 26.2 Å². The molecule has 8 heteroatoms. The van der Waals surface area contributed by atoms with E-state index in [9.17, 15) is 4.79 Å². The quantitative estimate of drug-likeness (QED) is 0.601. The van der Waals surface area contributed by atoms with Gasteiger partial charge in [0, 0.05) is 23.0 Å². The number of aryl methyl sites for hydroxylation is 2. The normalized spacial score (nSPS) is 13.2. The van der Waals surface area contributed by atoms with Crippen LogP contribution in [0.3, 0.4) is 0 Å². The second-order valence-corrected chi connectivity index (χ2v) is 6.71. The fraction of sp³-hybridized carbons (Fsp3) is 0.211. The lowest BCUT2D eigenvalue weighted by Crippen LogP contribution is -2.15. The SMILES string of the molecule is Cc1cccc(-n2nc3c(c2-c2ccc4nnc(C(N)=O)n4c2)CCC3)n1. The van der Waals surface area contributed by atoms with E-state index in [0.717, 1.165) is 47.7 Å². The van der Waals surface area contributed by atoms with Crippen molar-refractivity contribution < 1.29 is 4.79 Å². The average molecular weight is 359 g/mol. The van der Waals surface area contributed by atoms with Crippen LogP contribution >= 0.6 is 0 Å². The van der Waals surface area contributed by atoms with Gasteiger partial charge in [-0.3, -0.25) is 9.20 Å². The van der Waals surface area contributed by atoms with Crippen molar-refractivity contribution in [2.75, 3.05) is 0 Å². The number of hydrogen-bond donors (Lipinski definition) is 1. The summed E-state index contributed by atoms with van der Waals surface area (Å²) in [7, 11) is 0. The maximum atomic E-state index is 11.7. The first-order valence-electron chi connectivity index (χ1n) is 8.81. The molecule has 0 atom stereocenters. The summed E-state index contributed by atoms with van der Waals surface area (Å²) in [4.78, 5) is 16.3. The second kappa shape index (κ2) is 5.73. The Balaban J connectivity index is 1.76. The van der Waals surface area contributed by atoms with E-state index in [4.69, 9.17) is 10.8 Å². The minimum Gasteiger partial charge on any atom is -0.363 e. The standard InChI is InChI=1S/C19H17N7O/c1-11-4-2-7-15(21-11)26-17(13-5-3-6-14(13)24-26)12-8-9-16-22-23-19(18(20)27)25(16)10-12/h2,4,7-10H,3,5-6H2,1H3,(H2,20,27). The number of carbonyl (C=O) groups is 1. The molecular weight excluding hydrogens is 342 g/mol. The lowest BCUT2D eigenvalue weighted by atomic mass is 10.1. The van der Waals surface area contributed by atoms with Gasteiger partial charge in [0.2, 0.25) is 5.82 Å². The van der Waals surface area contributed by atoms with Crippen molar-refractivity contribution in [2.24, 2.45) is 5.73 Å². The average Bonchev–Trinajstić information content (AvgIpc) is 3.34. The first-order valence-corrected chi connectivity index (χ1v) is 8.81. The van der Waals surface area contributed by atoms with Gasteiger partial charge in [0.1, 0.15) is 0 Å². The Hall–Kier alpha value is -3.55. The molecular formula is C19H17N7O. The molecule has 134 valence electrons. The van der Waals surface area contributed by atoms with Gasteiger partial charge in [-0.15, -0.1) is 10.2 Å². The first-order chi connectivity index (χ1) is 13.1. The molecule has 0 fully saturated rings. The maximum absolute atomic E-state index is 11.7. The zero-order chi connectivity index (χ0) is 18.5. The van der Waals surface area contributed by atoms with Gasteiger partial charge in [0.05, 0.1) is 11.4 Å². The van der Waals surface area contributed by atoms with Crippen LogP contribution in [0.25, 0.3) is 22.7 Å². The van der Waals surface area contributed by atoms with E-state index < -0.39 is 5.91 Å². The number of pyridine rings is 2. The van der Waals surface area contributed by atoms with E-state index >= 15 is 0 Å². The largest absolute Gasteiger partial charge is 0.363 e. The topological polar surface area (TPSA) is 104 Å². The van der Waals surface area contributed by atoms with Crippen molar-refractivity contribution in [3.05, 3.63) is 59.3 Å². The third kappa shape index (κ3) is 2.41. The lowest BCUT2D eigenvalue weighted by Gasteiger charge is -2.10. The van der Waals surface area contributed by atoms with Crippen LogP contribution < -0.4 is 5.73 Å². The molecule has 8 nitrogen and oxygen atoms in total. The number of hydrogen-bond acceptors (Lipinski definition) is 5. The van der Waals surface area contributed by atoms with E-state index in [1.807, 2.05) is 48.1 Å². The molecule has 4 aromatic heterocycles. The zero-order valence-electron chi connectivity index (χ0n) is 14.8. The highest BCUT2D eigenvalue weighted by atomic mass is 16.1. The first kappa shape index (κ1) is 15.7. The summed E-state index contributed by atoms with van der Waals surface area (Å²) in [5, 5.41) is 12.7. The van der Waals surface area contributed by atoms with Gasteiger partial charge in [-0.25, -0.2) is 9.67 Å². The Morgan fingerprint density at radius 1 is 1.15 bits per heavy atom. The minimum absolute atomic E-state index is 0.114. The smallest absolute Gasteiger partial charge is 0.287 e. The van der Waals surface area contributed by atoms with E-state index in [1.54, 1.807) is 4.40 Å². The fourth-order valence-electron chi connectivity index (χ4n) is 3.70. The summed E-state index contributed by atoms with van der Waals surface area (Å²) in [6.07, 6.45) is 4.87. The molecule has 1 amide bonds. The highest BCUT2D eigenvalue weighted by Crippen LogP contribution is 2.34. The van der Waals surface area contributed by atoms with Crippen LogP contribution in [0.15, 0.2) is 36.5 Å². The number of aromatic nitrogens is 6. The Labute approximate surface area is 154 Å². The molecule has 0 aromatic carbocycles. The molecule has 0 spiro atoms. The van der Waals surface area contributed by atoms with Crippen LogP contribution in [-0.2, 0) is 12.8 Å². The highest BCUT2D eigenvalue weighted by molar-refractivity contribution is 5.90. The minimum atomic E-state index is -0.612. The van der Waals surface area contributed by atoms with Gasteiger partial charge >= 0.3 is 0 Å². The second-order valence-electron chi connectivity index (χ2n) is 6.71. The van der Waals surface area contributed by atoms with Crippen LogP contribution in [0, 0.1) is 6.92 Å². The molecule has 0 aliphatic heterocycles. The summed E-state index contributed by atoms with van der Waals surface area (Å²) >= 11 is 0. The van der Waals surface area contributed by atoms with Crippen LogP contribution in [0.4, 0.5) is 0 Å². The van der Waals surface area contributed by atoms with Gasteiger partial charge in [0.15, 0.2) is 11.5 Å². The van der Waals surface area contributed by atoms with E-state index in [-0.39, 0.29) is 5.82 Å². The van der Waals surface area contributed by atoms with Crippen molar-refractivity contribution in [1.82, 2.24) is 29.4 Å². The van der Waals surface area contributed by atoms with Crippen LogP contribution in [-0.4, -0.2) is 35.3 Å². The summed E-state index contributed by atoms with van der Waals surface area (Å²) in [5.41, 5.74) is 11.2. The van der Waals surface area contributed by atoms with Crippen LogP contribution in [0.5, 0.6) is 0 Å². The third-order valence-electron chi connectivity index (χ3n) is 4.89. The summed E-state index contributed by atoms with van der Waals surface area (Å²) in [6.45, 7) is 1.96. The molecule has 0 saturated heterocycles. The van der Waals surface area contributed by atoms with E-state index in [1.165, 1.54) is 5.56 Å². The molecule has 0 saturated carbocycles. The van der Waals surface area contributed by atoms with Crippen molar-refractivity contribution in [1.29, 1.82) is 0 Å². The fourth-order valence-corrected chi connectivity index (χ4v) is 3.70. The maximum Gasteiger partial charge on any atom is 0.287 e. The molecule has 0 radical (unpaired) electrons. The van der Waals surface area contributed by atoms with E-state index in [2.05, 4.69) is 15.2 Å². The number of primary amides is 1. The zero-order valence-corrected chi connectivity index (χ0v) is 14.8. The summed E-state index contributed by atoms with van der Waals surface area (Å²) in [6, 6.07) is 9.68. The van der Waals surface area contributed by atoms with Gasteiger partial charge in [-0.1, -0.05) is 6.07 Å². The molecule has 4 heterocycles. The van der Waals surface area contributed by atoms with E-state index in [0.29, 0.717) is 5.65 Å². The van der Waals surface area contributed by atoms with Gasteiger partial charge in [-0.05, 0) is 50.5 Å². The van der Waals surface area contributed by atoms with Crippen LogP contribution in [0.2, 0.25) is 0 Å².